The highest BCUT2D eigenvalue weighted by Crippen LogP contribution is 2.23. The fourth-order valence-electron chi connectivity index (χ4n) is 3.29. The van der Waals surface area contributed by atoms with E-state index < -0.39 is 0 Å². The molecule has 1 amide bonds. The molecule has 26 heavy (non-hydrogen) atoms. The molecule has 0 aliphatic heterocycles. The molecule has 0 aliphatic carbocycles. The molecule has 1 unspecified atom stereocenters. The van der Waals surface area contributed by atoms with Gasteiger partial charge >= 0.3 is 0 Å². The van der Waals surface area contributed by atoms with Crippen LogP contribution in [0.5, 0.6) is 0 Å². The van der Waals surface area contributed by atoms with Gasteiger partial charge in [0.2, 0.25) is 0 Å². The van der Waals surface area contributed by atoms with E-state index in [2.05, 4.69) is 29.6 Å². The molecule has 0 bridgehead atoms. The summed E-state index contributed by atoms with van der Waals surface area (Å²) in [7, 11) is 1.96. The largest absolute Gasteiger partial charge is 0.345 e. The summed E-state index contributed by atoms with van der Waals surface area (Å²) in [5.74, 6) is -0.238. The van der Waals surface area contributed by atoms with Gasteiger partial charge < -0.3 is 10.2 Å². The number of carbonyl (C=O) groups is 1. The number of nitrogens with one attached hydrogen (secondary N) is 2. The molecule has 3 rings (SSSR count). The molecule has 2 atom stereocenters. The van der Waals surface area contributed by atoms with E-state index in [4.69, 9.17) is 0 Å². The minimum absolute atomic E-state index is 0.00467. The van der Waals surface area contributed by atoms with Crippen molar-refractivity contribution in [1.82, 2.24) is 5.32 Å². The lowest BCUT2D eigenvalue weighted by molar-refractivity contribution is -0.885. The number of benzene rings is 3. The number of likely N-dealkylation sites (N-methyl/N-ethyl adjacent to an activating group) is 1. The monoisotopic (exact) mass is 351 g/mol. The quantitative estimate of drug-likeness (QED) is 0.703. The Labute approximate surface area is 153 Å². The first-order chi connectivity index (χ1) is 12.5. The molecule has 0 saturated carbocycles. The number of halogens is 1. The predicted molar refractivity (Wildman–Crippen MR) is 102 cm³/mol. The fraction of sp³-hybridized carbons (Fsp3) is 0.227. The number of amides is 1. The van der Waals surface area contributed by atoms with E-state index in [1.165, 1.54) is 17.5 Å². The highest BCUT2D eigenvalue weighted by Gasteiger charge is 2.15. The van der Waals surface area contributed by atoms with E-state index in [1.807, 2.05) is 32.2 Å². The van der Waals surface area contributed by atoms with Gasteiger partial charge in [0.1, 0.15) is 12.4 Å². The van der Waals surface area contributed by atoms with Crippen LogP contribution in [-0.4, -0.2) is 19.5 Å². The number of hydrogen-bond donors (Lipinski definition) is 2. The highest BCUT2D eigenvalue weighted by molar-refractivity contribution is 5.87. The molecule has 0 fully saturated rings. The highest BCUT2D eigenvalue weighted by atomic mass is 19.1. The zero-order valence-corrected chi connectivity index (χ0v) is 15.1. The van der Waals surface area contributed by atoms with E-state index in [-0.39, 0.29) is 17.8 Å². The van der Waals surface area contributed by atoms with Gasteiger partial charge in [-0.05, 0) is 35.4 Å². The topological polar surface area (TPSA) is 33.5 Å². The molecular weight excluding hydrogens is 327 g/mol. The van der Waals surface area contributed by atoms with Crippen LogP contribution in [0.2, 0.25) is 0 Å². The van der Waals surface area contributed by atoms with Crippen molar-refractivity contribution in [2.24, 2.45) is 0 Å². The molecule has 3 nitrogen and oxygen atoms in total. The van der Waals surface area contributed by atoms with Crippen LogP contribution in [0.25, 0.3) is 10.8 Å². The third-order valence-corrected chi connectivity index (χ3v) is 4.55. The summed E-state index contributed by atoms with van der Waals surface area (Å²) < 4.78 is 13.0. The van der Waals surface area contributed by atoms with E-state index in [1.54, 1.807) is 12.1 Å². The lowest BCUT2D eigenvalue weighted by Gasteiger charge is -2.19. The first-order valence-electron chi connectivity index (χ1n) is 8.85. The molecule has 0 heterocycles. The van der Waals surface area contributed by atoms with Gasteiger partial charge in [0.25, 0.3) is 5.91 Å². The smallest absolute Gasteiger partial charge is 0.275 e. The Morgan fingerprint density at radius 3 is 2.50 bits per heavy atom. The Balaban J connectivity index is 1.61. The lowest BCUT2D eigenvalue weighted by Crippen LogP contribution is -3.08. The summed E-state index contributed by atoms with van der Waals surface area (Å²) in [6, 6.07) is 20.7. The number of carbonyl (C=O) groups excluding carboxylic acids is 1. The summed E-state index contributed by atoms with van der Waals surface area (Å²) in [5, 5.41) is 5.43. The van der Waals surface area contributed by atoms with Gasteiger partial charge in [-0.25, -0.2) is 4.39 Å². The predicted octanol–water partition coefficient (Wildman–Crippen LogP) is 2.87. The Morgan fingerprint density at radius 2 is 1.73 bits per heavy atom. The third-order valence-electron chi connectivity index (χ3n) is 4.55. The number of fused-ring (bicyclic) bond motifs is 1. The summed E-state index contributed by atoms with van der Waals surface area (Å²) >= 11 is 0. The summed E-state index contributed by atoms with van der Waals surface area (Å²) in [6.07, 6.45) is 0. The van der Waals surface area contributed by atoms with Crippen LogP contribution >= 0.6 is 0 Å². The minimum atomic E-state index is -0.243. The second kappa shape index (κ2) is 8.11. The molecule has 134 valence electrons. The molecule has 0 aromatic heterocycles. The van der Waals surface area contributed by atoms with Crippen LogP contribution in [0.1, 0.15) is 24.1 Å². The van der Waals surface area contributed by atoms with Gasteiger partial charge in [-0.3, -0.25) is 4.79 Å². The average Bonchev–Trinajstić information content (AvgIpc) is 2.63. The molecule has 0 aliphatic rings. The Hall–Kier alpha value is -2.72. The van der Waals surface area contributed by atoms with Gasteiger partial charge in [-0.15, -0.1) is 0 Å². The first-order valence-corrected chi connectivity index (χ1v) is 8.85. The van der Waals surface area contributed by atoms with Gasteiger partial charge in [0.15, 0.2) is 6.54 Å². The Bertz CT molecular complexity index is 887. The van der Waals surface area contributed by atoms with E-state index in [0.717, 1.165) is 21.4 Å². The zero-order chi connectivity index (χ0) is 18.5. The van der Waals surface area contributed by atoms with Crippen molar-refractivity contribution in [2.45, 2.75) is 19.5 Å². The van der Waals surface area contributed by atoms with Crippen molar-refractivity contribution in [3.63, 3.8) is 0 Å². The maximum atomic E-state index is 13.0. The van der Waals surface area contributed by atoms with Crippen molar-refractivity contribution in [2.75, 3.05) is 13.6 Å². The lowest BCUT2D eigenvalue weighted by atomic mass is 10.00. The minimum Gasteiger partial charge on any atom is -0.345 e. The van der Waals surface area contributed by atoms with Crippen LogP contribution in [0.15, 0.2) is 66.7 Å². The van der Waals surface area contributed by atoms with Gasteiger partial charge in [0.05, 0.1) is 13.1 Å². The third kappa shape index (κ3) is 4.46. The summed E-state index contributed by atoms with van der Waals surface area (Å²) in [5.41, 5.74) is 2.13. The van der Waals surface area contributed by atoms with Crippen LogP contribution in [0.3, 0.4) is 0 Å². The van der Waals surface area contributed by atoms with Crippen LogP contribution in [0, 0.1) is 5.82 Å². The molecule has 0 saturated heterocycles. The van der Waals surface area contributed by atoms with E-state index in [9.17, 15) is 9.18 Å². The maximum Gasteiger partial charge on any atom is 0.275 e. The summed E-state index contributed by atoms with van der Waals surface area (Å²) in [6.45, 7) is 3.05. The number of hydrogen-bond acceptors (Lipinski definition) is 1. The Morgan fingerprint density at radius 1 is 1.04 bits per heavy atom. The van der Waals surface area contributed by atoms with Crippen molar-refractivity contribution in [3.05, 3.63) is 83.7 Å². The second-order valence-corrected chi connectivity index (χ2v) is 6.79. The van der Waals surface area contributed by atoms with Crippen LogP contribution < -0.4 is 10.2 Å². The average molecular weight is 351 g/mol. The van der Waals surface area contributed by atoms with E-state index >= 15 is 0 Å². The van der Waals surface area contributed by atoms with Crippen molar-refractivity contribution in [3.8, 4) is 0 Å². The Kier molecular flexibility index (Phi) is 5.64. The molecular formula is C22H24FN2O+. The number of rotatable bonds is 6. The molecule has 4 heteroatoms. The molecule has 3 aromatic carbocycles. The van der Waals surface area contributed by atoms with Crippen LogP contribution in [-0.2, 0) is 11.3 Å². The zero-order valence-electron chi connectivity index (χ0n) is 15.1. The molecule has 2 N–H and O–H groups in total. The molecule has 0 spiro atoms. The number of quaternary nitrogens is 1. The van der Waals surface area contributed by atoms with Crippen molar-refractivity contribution >= 4 is 16.7 Å². The standard InChI is InChI=1S/C22H23FN2O/c1-16(20-9-5-7-18-6-3-4-8-21(18)20)24-22(26)15-25(2)14-17-10-12-19(23)13-11-17/h3-13,16H,14-15H2,1-2H3,(H,24,26)/p+1/t16-/m1/s1. The van der Waals surface area contributed by atoms with Gasteiger partial charge in [0, 0.05) is 5.56 Å². The second-order valence-electron chi connectivity index (χ2n) is 6.79. The van der Waals surface area contributed by atoms with Gasteiger partial charge in [-0.1, -0.05) is 54.6 Å². The first kappa shape index (κ1) is 18.1. The SMILES string of the molecule is C[C@@H](NC(=O)C[NH+](C)Cc1ccc(F)cc1)c1cccc2ccccc12. The van der Waals surface area contributed by atoms with Crippen LogP contribution in [0.4, 0.5) is 4.39 Å². The summed E-state index contributed by atoms with van der Waals surface area (Å²) in [4.78, 5) is 13.5. The van der Waals surface area contributed by atoms with E-state index in [0.29, 0.717) is 13.1 Å². The maximum absolute atomic E-state index is 13.0. The van der Waals surface area contributed by atoms with Gasteiger partial charge in [-0.2, -0.15) is 0 Å². The van der Waals surface area contributed by atoms with Crippen molar-refractivity contribution < 1.29 is 14.1 Å². The molecule has 0 radical (unpaired) electrons. The molecule has 3 aromatic rings. The fourth-order valence-corrected chi connectivity index (χ4v) is 3.29. The normalized spacial score (nSPS) is 13.3. The van der Waals surface area contributed by atoms with Crippen molar-refractivity contribution in [1.29, 1.82) is 0 Å².